The van der Waals surface area contributed by atoms with Crippen molar-refractivity contribution in [1.82, 2.24) is 10.6 Å². The summed E-state index contributed by atoms with van der Waals surface area (Å²) in [4.78, 5) is 11.7. The summed E-state index contributed by atoms with van der Waals surface area (Å²) < 4.78 is 0. The van der Waals surface area contributed by atoms with Crippen LogP contribution in [0, 0.1) is 5.92 Å². The minimum absolute atomic E-state index is 0.263. The van der Waals surface area contributed by atoms with Crippen molar-refractivity contribution >= 4 is 17.7 Å². The van der Waals surface area contributed by atoms with Crippen LogP contribution in [0.5, 0.6) is 0 Å². The molecule has 4 heteroatoms. The molecule has 1 aliphatic heterocycles. The van der Waals surface area contributed by atoms with Crippen LogP contribution in [0.3, 0.4) is 0 Å². The van der Waals surface area contributed by atoms with E-state index >= 15 is 0 Å². The Morgan fingerprint density at radius 2 is 2.25 bits per heavy atom. The first kappa shape index (κ1) is 12.2. The second-order valence-corrected chi connectivity index (χ2v) is 6.46. The lowest BCUT2D eigenvalue weighted by Crippen LogP contribution is -2.45. The van der Waals surface area contributed by atoms with Crippen LogP contribution in [-0.4, -0.2) is 36.0 Å². The van der Waals surface area contributed by atoms with Gasteiger partial charge in [0.25, 0.3) is 0 Å². The number of hydrogen-bond acceptors (Lipinski definition) is 3. The number of hydrogen-bond donors (Lipinski definition) is 2. The fourth-order valence-electron chi connectivity index (χ4n) is 2.50. The Bertz CT molecular complexity index is 243. The minimum Gasteiger partial charge on any atom is -0.353 e. The number of rotatable bonds is 5. The fourth-order valence-corrected chi connectivity index (χ4v) is 3.64. The van der Waals surface area contributed by atoms with Crippen molar-refractivity contribution in [1.29, 1.82) is 0 Å². The van der Waals surface area contributed by atoms with Crippen molar-refractivity contribution in [2.24, 2.45) is 5.92 Å². The molecule has 2 unspecified atom stereocenters. The average molecular weight is 242 g/mol. The van der Waals surface area contributed by atoms with Gasteiger partial charge >= 0.3 is 0 Å². The summed E-state index contributed by atoms with van der Waals surface area (Å²) in [6.07, 6.45) is 4.34. The highest BCUT2D eigenvalue weighted by Crippen LogP contribution is 2.29. The van der Waals surface area contributed by atoms with E-state index in [0.717, 1.165) is 24.8 Å². The first-order valence-corrected chi connectivity index (χ1v) is 7.44. The summed E-state index contributed by atoms with van der Waals surface area (Å²) in [6, 6.07) is 0.449. The summed E-state index contributed by atoms with van der Waals surface area (Å²) in [6.45, 7) is 4.25. The molecule has 0 spiro atoms. The second-order valence-electron chi connectivity index (χ2n) is 4.88. The number of amides is 1. The lowest BCUT2D eigenvalue weighted by molar-refractivity contribution is -0.123. The smallest absolute Gasteiger partial charge is 0.220 e. The highest BCUT2D eigenvalue weighted by Gasteiger charge is 2.27. The van der Waals surface area contributed by atoms with E-state index in [1.165, 1.54) is 25.0 Å². The molecule has 1 heterocycles. The minimum atomic E-state index is 0.263. The van der Waals surface area contributed by atoms with Gasteiger partial charge in [-0.2, -0.15) is 11.8 Å². The van der Waals surface area contributed by atoms with Gasteiger partial charge in [0, 0.05) is 17.7 Å². The third-order valence-electron chi connectivity index (χ3n) is 3.49. The molecule has 16 heavy (non-hydrogen) atoms. The summed E-state index contributed by atoms with van der Waals surface area (Å²) >= 11 is 2.04. The average Bonchev–Trinajstić information content (AvgIpc) is 2.60. The van der Waals surface area contributed by atoms with Crippen molar-refractivity contribution < 1.29 is 4.79 Å². The van der Waals surface area contributed by atoms with E-state index in [0.29, 0.717) is 12.0 Å². The zero-order chi connectivity index (χ0) is 11.4. The quantitative estimate of drug-likeness (QED) is 0.765. The van der Waals surface area contributed by atoms with E-state index in [4.69, 9.17) is 0 Å². The van der Waals surface area contributed by atoms with E-state index < -0.39 is 0 Å². The van der Waals surface area contributed by atoms with Gasteiger partial charge in [-0.05, 0) is 44.0 Å². The number of carbonyl (C=O) groups excluding carboxylic acids is 1. The SMILES string of the molecule is CCSC1CCC(NC(=O)CC2CNC2)C1. The van der Waals surface area contributed by atoms with Gasteiger partial charge in [-0.3, -0.25) is 4.79 Å². The van der Waals surface area contributed by atoms with E-state index in [9.17, 15) is 4.79 Å². The molecular weight excluding hydrogens is 220 g/mol. The van der Waals surface area contributed by atoms with E-state index in [1.807, 2.05) is 11.8 Å². The highest BCUT2D eigenvalue weighted by atomic mass is 32.2. The lowest BCUT2D eigenvalue weighted by Gasteiger charge is -2.27. The van der Waals surface area contributed by atoms with Gasteiger partial charge in [0.15, 0.2) is 0 Å². The Kier molecular flexibility index (Phi) is 4.53. The number of nitrogens with one attached hydrogen (secondary N) is 2. The van der Waals surface area contributed by atoms with Crippen LogP contribution < -0.4 is 10.6 Å². The van der Waals surface area contributed by atoms with E-state index in [2.05, 4.69) is 17.6 Å². The van der Waals surface area contributed by atoms with Crippen LogP contribution in [0.1, 0.15) is 32.6 Å². The Morgan fingerprint density at radius 3 is 2.88 bits per heavy atom. The molecule has 0 aromatic rings. The second kappa shape index (κ2) is 5.92. The van der Waals surface area contributed by atoms with Crippen molar-refractivity contribution in [3.63, 3.8) is 0 Å². The molecule has 3 nitrogen and oxygen atoms in total. The predicted molar refractivity (Wildman–Crippen MR) is 68.7 cm³/mol. The molecule has 1 saturated heterocycles. The highest BCUT2D eigenvalue weighted by molar-refractivity contribution is 7.99. The summed E-state index contributed by atoms with van der Waals surface area (Å²) in [7, 11) is 0. The molecule has 1 aliphatic carbocycles. The predicted octanol–water partition coefficient (Wildman–Crippen LogP) is 1.39. The molecule has 1 saturated carbocycles. The zero-order valence-electron chi connectivity index (χ0n) is 10.00. The zero-order valence-corrected chi connectivity index (χ0v) is 10.8. The molecule has 2 rings (SSSR count). The maximum atomic E-state index is 11.7. The summed E-state index contributed by atoms with van der Waals surface area (Å²) in [5, 5.41) is 7.17. The topological polar surface area (TPSA) is 41.1 Å². The molecule has 0 radical (unpaired) electrons. The van der Waals surface area contributed by atoms with Crippen LogP contribution in [0.25, 0.3) is 0 Å². The van der Waals surface area contributed by atoms with Crippen molar-refractivity contribution in [3.05, 3.63) is 0 Å². The Labute approximate surface area is 102 Å². The molecule has 2 aliphatic rings. The molecule has 0 aromatic heterocycles. The maximum absolute atomic E-state index is 11.7. The summed E-state index contributed by atoms with van der Waals surface area (Å²) in [5.74, 6) is 2.04. The van der Waals surface area contributed by atoms with Gasteiger partial charge in [0.05, 0.1) is 0 Å². The van der Waals surface area contributed by atoms with Crippen molar-refractivity contribution in [2.45, 2.75) is 43.9 Å². The van der Waals surface area contributed by atoms with E-state index in [1.54, 1.807) is 0 Å². The van der Waals surface area contributed by atoms with Crippen LogP contribution in [0.4, 0.5) is 0 Å². The van der Waals surface area contributed by atoms with Crippen LogP contribution in [-0.2, 0) is 4.79 Å². The van der Waals surface area contributed by atoms with Crippen molar-refractivity contribution in [2.75, 3.05) is 18.8 Å². The normalized spacial score (nSPS) is 30.1. The maximum Gasteiger partial charge on any atom is 0.220 e. The summed E-state index contributed by atoms with van der Waals surface area (Å²) in [5.41, 5.74) is 0. The van der Waals surface area contributed by atoms with Gasteiger partial charge in [-0.1, -0.05) is 6.92 Å². The molecule has 0 aromatic carbocycles. The molecule has 1 amide bonds. The van der Waals surface area contributed by atoms with Gasteiger partial charge in [0.2, 0.25) is 5.91 Å². The number of carbonyl (C=O) groups is 1. The van der Waals surface area contributed by atoms with Crippen molar-refractivity contribution in [3.8, 4) is 0 Å². The first-order valence-electron chi connectivity index (χ1n) is 6.39. The van der Waals surface area contributed by atoms with Crippen LogP contribution >= 0.6 is 11.8 Å². The van der Waals surface area contributed by atoms with Crippen LogP contribution in [0.15, 0.2) is 0 Å². The van der Waals surface area contributed by atoms with Crippen LogP contribution in [0.2, 0.25) is 0 Å². The van der Waals surface area contributed by atoms with Gasteiger partial charge in [-0.15, -0.1) is 0 Å². The standard InChI is InChI=1S/C12H22N2OS/c1-2-16-11-4-3-10(6-11)14-12(15)5-9-7-13-8-9/h9-11,13H,2-8H2,1H3,(H,14,15). The van der Waals surface area contributed by atoms with Gasteiger partial charge in [0.1, 0.15) is 0 Å². The Hall–Kier alpha value is -0.220. The third-order valence-corrected chi connectivity index (χ3v) is 4.72. The van der Waals surface area contributed by atoms with Gasteiger partial charge < -0.3 is 10.6 Å². The lowest BCUT2D eigenvalue weighted by atomic mass is 9.99. The molecular formula is C12H22N2OS. The first-order chi connectivity index (χ1) is 7.78. The third kappa shape index (κ3) is 3.39. The van der Waals surface area contributed by atoms with E-state index in [-0.39, 0.29) is 5.91 Å². The Morgan fingerprint density at radius 1 is 1.44 bits per heavy atom. The largest absolute Gasteiger partial charge is 0.353 e. The molecule has 2 N–H and O–H groups in total. The monoisotopic (exact) mass is 242 g/mol. The van der Waals surface area contributed by atoms with Gasteiger partial charge in [-0.25, -0.2) is 0 Å². The molecule has 2 atom stereocenters. The fraction of sp³-hybridized carbons (Fsp3) is 0.917. The molecule has 2 fully saturated rings. The molecule has 0 bridgehead atoms. The molecule has 92 valence electrons. The Balaban J connectivity index is 1.63. The number of thioether (sulfide) groups is 1.